The Morgan fingerprint density at radius 1 is 1.45 bits per heavy atom. The van der Waals surface area contributed by atoms with Gasteiger partial charge in [-0.1, -0.05) is 26.0 Å². The number of rotatable bonds is 3. The van der Waals surface area contributed by atoms with Crippen LogP contribution in [0.1, 0.15) is 19.4 Å². The van der Waals surface area contributed by atoms with E-state index in [1.165, 1.54) is 11.0 Å². The summed E-state index contributed by atoms with van der Waals surface area (Å²) < 4.78 is 13.9. The van der Waals surface area contributed by atoms with Crippen LogP contribution in [0.15, 0.2) is 22.7 Å². The molecule has 0 aromatic heterocycles. The molecule has 1 N–H and O–H groups in total. The molecule has 108 valence electrons. The van der Waals surface area contributed by atoms with Gasteiger partial charge in [0, 0.05) is 6.54 Å². The molecule has 2 rings (SSSR count). The molecular weight excluding hydrogens is 327 g/mol. The molecule has 0 saturated carbocycles. The lowest BCUT2D eigenvalue weighted by Gasteiger charge is -2.37. The lowest BCUT2D eigenvalue weighted by Crippen LogP contribution is -2.59. The largest absolute Gasteiger partial charge is 0.345 e. The van der Waals surface area contributed by atoms with Crippen LogP contribution in [0.2, 0.25) is 0 Å². The first-order chi connectivity index (χ1) is 9.41. The molecule has 1 unspecified atom stereocenters. The fourth-order valence-corrected chi connectivity index (χ4v) is 2.76. The number of hydrogen-bond donors (Lipinski definition) is 1. The molecule has 0 bridgehead atoms. The standard InChI is InChI=1S/C14H16BrFN2O2/c1-8(2)13-14(20)17-6-11(19)18(13)7-9-4-3-5-10(16)12(9)15/h3-5,8,13H,6-7H2,1-2H3,(H,17,20). The SMILES string of the molecule is CC(C)C1C(=O)NCC(=O)N1Cc1cccc(F)c1Br. The van der Waals surface area contributed by atoms with Crippen LogP contribution in [0, 0.1) is 11.7 Å². The molecule has 0 aliphatic carbocycles. The van der Waals surface area contributed by atoms with E-state index in [0.29, 0.717) is 10.0 Å². The van der Waals surface area contributed by atoms with Crippen LogP contribution in [0.5, 0.6) is 0 Å². The van der Waals surface area contributed by atoms with Gasteiger partial charge in [-0.3, -0.25) is 9.59 Å². The predicted octanol–water partition coefficient (Wildman–Crippen LogP) is 2.07. The minimum Gasteiger partial charge on any atom is -0.345 e. The van der Waals surface area contributed by atoms with Crippen LogP contribution in [-0.4, -0.2) is 29.3 Å². The molecule has 1 aliphatic rings. The Bertz CT molecular complexity index is 548. The summed E-state index contributed by atoms with van der Waals surface area (Å²) in [5.74, 6) is -0.698. The van der Waals surface area contributed by atoms with Crippen molar-refractivity contribution in [3.8, 4) is 0 Å². The highest BCUT2D eigenvalue weighted by Gasteiger charge is 2.36. The molecule has 6 heteroatoms. The summed E-state index contributed by atoms with van der Waals surface area (Å²) in [6, 6.07) is 4.16. The van der Waals surface area contributed by atoms with Crippen molar-refractivity contribution in [2.75, 3.05) is 6.54 Å². The van der Waals surface area contributed by atoms with Gasteiger partial charge in [0.1, 0.15) is 11.9 Å². The average molecular weight is 343 g/mol. The maximum Gasteiger partial charge on any atom is 0.243 e. The molecule has 1 aromatic carbocycles. The molecule has 1 atom stereocenters. The normalized spacial score (nSPS) is 19.4. The van der Waals surface area contributed by atoms with Gasteiger partial charge in [0.25, 0.3) is 0 Å². The van der Waals surface area contributed by atoms with Crippen LogP contribution in [0.3, 0.4) is 0 Å². The van der Waals surface area contributed by atoms with Crippen molar-refractivity contribution in [2.24, 2.45) is 5.92 Å². The van der Waals surface area contributed by atoms with Gasteiger partial charge in [-0.25, -0.2) is 4.39 Å². The number of benzene rings is 1. The Hall–Kier alpha value is -1.43. The number of piperazine rings is 1. The minimum atomic E-state index is -0.522. The van der Waals surface area contributed by atoms with Crippen molar-refractivity contribution in [1.82, 2.24) is 10.2 Å². The molecular formula is C14H16BrFN2O2. The summed E-state index contributed by atoms with van der Waals surface area (Å²) in [5, 5.41) is 2.59. The lowest BCUT2D eigenvalue weighted by atomic mass is 9.98. The fraction of sp³-hybridized carbons (Fsp3) is 0.429. The third kappa shape index (κ3) is 2.85. The average Bonchev–Trinajstić information content (AvgIpc) is 2.38. The molecule has 0 spiro atoms. The second kappa shape index (κ2) is 5.91. The Morgan fingerprint density at radius 2 is 2.15 bits per heavy atom. The lowest BCUT2D eigenvalue weighted by molar-refractivity contribution is -0.148. The van der Waals surface area contributed by atoms with Crippen molar-refractivity contribution in [3.63, 3.8) is 0 Å². The van der Waals surface area contributed by atoms with E-state index >= 15 is 0 Å². The Kier molecular flexibility index (Phi) is 4.42. The minimum absolute atomic E-state index is 0.00497. The highest BCUT2D eigenvalue weighted by molar-refractivity contribution is 9.10. The number of halogens is 2. The first kappa shape index (κ1) is 15.0. The molecule has 20 heavy (non-hydrogen) atoms. The highest BCUT2D eigenvalue weighted by atomic mass is 79.9. The Morgan fingerprint density at radius 3 is 2.80 bits per heavy atom. The van der Waals surface area contributed by atoms with Gasteiger partial charge < -0.3 is 10.2 Å². The molecule has 4 nitrogen and oxygen atoms in total. The van der Waals surface area contributed by atoms with Crippen molar-refractivity contribution in [3.05, 3.63) is 34.1 Å². The van der Waals surface area contributed by atoms with Gasteiger partial charge >= 0.3 is 0 Å². The monoisotopic (exact) mass is 342 g/mol. The van der Waals surface area contributed by atoms with Crippen molar-refractivity contribution < 1.29 is 14.0 Å². The smallest absolute Gasteiger partial charge is 0.243 e. The molecule has 1 heterocycles. The van der Waals surface area contributed by atoms with Gasteiger partial charge in [0.15, 0.2) is 0 Å². The second-order valence-corrected chi connectivity index (χ2v) is 5.93. The maximum absolute atomic E-state index is 13.5. The summed E-state index contributed by atoms with van der Waals surface area (Å²) in [6.45, 7) is 3.98. The first-order valence-corrected chi connectivity index (χ1v) is 7.21. The first-order valence-electron chi connectivity index (χ1n) is 6.42. The molecule has 1 aromatic rings. The third-order valence-electron chi connectivity index (χ3n) is 3.34. The Balaban J connectivity index is 2.30. The van der Waals surface area contributed by atoms with Crippen LogP contribution < -0.4 is 5.32 Å². The van der Waals surface area contributed by atoms with E-state index in [-0.39, 0.29) is 36.6 Å². The number of amides is 2. The number of hydrogen-bond acceptors (Lipinski definition) is 2. The van der Waals surface area contributed by atoms with E-state index in [2.05, 4.69) is 21.2 Å². The topological polar surface area (TPSA) is 49.4 Å². The van der Waals surface area contributed by atoms with Gasteiger partial charge in [0.05, 0.1) is 11.0 Å². The van der Waals surface area contributed by atoms with Gasteiger partial charge in [0.2, 0.25) is 11.8 Å². The zero-order valence-corrected chi connectivity index (χ0v) is 12.9. The summed E-state index contributed by atoms with van der Waals surface area (Å²) in [5.41, 5.74) is 0.652. The van der Waals surface area contributed by atoms with E-state index in [1.807, 2.05) is 13.8 Å². The van der Waals surface area contributed by atoms with Crippen molar-refractivity contribution in [1.29, 1.82) is 0 Å². The highest BCUT2D eigenvalue weighted by Crippen LogP contribution is 2.25. The quantitative estimate of drug-likeness (QED) is 0.914. The third-order valence-corrected chi connectivity index (χ3v) is 4.23. The van der Waals surface area contributed by atoms with Gasteiger partial charge in [-0.2, -0.15) is 0 Å². The summed E-state index contributed by atoms with van der Waals surface area (Å²) >= 11 is 3.19. The molecule has 1 saturated heterocycles. The molecule has 1 aliphatic heterocycles. The van der Waals surface area contributed by atoms with Crippen molar-refractivity contribution in [2.45, 2.75) is 26.4 Å². The van der Waals surface area contributed by atoms with E-state index in [1.54, 1.807) is 12.1 Å². The van der Waals surface area contributed by atoms with Crippen LogP contribution in [0.4, 0.5) is 4.39 Å². The summed E-state index contributed by atoms with van der Waals surface area (Å²) in [6.07, 6.45) is 0. The number of carbonyl (C=O) groups is 2. The maximum atomic E-state index is 13.5. The van der Waals surface area contributed by atoms with Gasteiger partial charge in [-0.05, 0) is 33.5 Å². The number of nitrogens with one attached hydrogen (secondary N) is 1. The summed E-state index contributed by atoms with van der Waals surface area (Å²) in [7, 11) is 0. The van der Waals surface area contributed by atoms with E-state index in [0.717, 1.165) is 0 Å². The predicted molar refractivity (Wildman–Crippen MR) is 76.3 cm³/mol. The zero-order valence-electron chi connectivity index (χ0n) is 11.3. The van der Waals surface area contributed by atoms with Crippen LogP contribution >= 0.6 is 15.9 Å². The van der Waals surface area contributed by atoms with Crippen molar-refractivity contribution >= 4 is 27.7 Å². The van der Waals surface area contributed by atoms with E-state index < -0.39 is 6.04 Å². The number of nitrogens with zero attached hydrogens (tertiary/aromatic N) is 1. The summed E-state index contributed by atoms with van der Waals surface area (Å²) in [4.78, 5) is 25.5. The van der Waals surface area contributed by atoms with Gasteiger partial charge in [-0.15, -0.1) is 0 Å². The molecule has 1 fully saturated rings. The van der Waals surface area contributed by atoms with Crippen LogP contribution in [0.25, 0.3) is 0 Å². The van der Waals surface area contributed by atoms with Crippen LogP contribution in [-0.2, 0) is 16.1 Å². The Labute approximate surface area is 125 Å². The zero-order chi connectivity index (χ0) is 14.9. The molecule has 0 radical (unpaired) electrons. The second-order valence-electron chi connectivity index (χ2n) is 5.14. The number of carbonyl (C=O) groups excluding carboxylic acids is 2. The van der Waals surface area contributed by atoms with E-state index in [9.17, 15) is 14.0 Å². The fourth-order valence-electron chi connectivity index (χ4n) is 2.37. The molecule has 2 amide bonds. The van der Waals surface area contributed by atoms with E-state index in [4.69, 9.17) is 0 Å².